The molecule has 2 heterocycles. The van der Waals surface area contributed by atoms with Gasteiger partial charge in [-0.2, -0.15) is 0 Å². The number of carbonyl (C=O) groups is 1. The Hall–Kier alpha value is -2.90. The number of hydrogen-bond acceptors (Lipinski definition) is 5. The number of carboxylic acids is 1. The lowest BCUT2D eigenvalue weighted by Gasteiger charge is -2.07. The van der Waals surface area contributed by atoms with Crippen molar-refractivity contribution in [2.24, 2.45) is 0 Å². The molecule has 0 fully saturated rings. The summed E-state index contributed by atoms with van der Waals surface area (Å²) in [5.74, 6) is -1.33. The number of halogens is 2. The fourth-order valence-corrected chi connectivity index (χ4v) is 1.82. The van der Waals surface area contributed by atoms with Crippen LogP contribution in [0.3, 0.4) is 0 Å². The summed E-state index contributed by atoms with van der Waals surface area (Å²) >= 11 is 0. The van der Waals surface area contributed by atoms with Crippen molar-refractivity contribution in [3.05, 3.63) is 42.2 Å². The fourth-order valence-electron chi connectivity index (χ4n) is 1.82. The van der Waals surface area contributed by atoms with E-state index in [4.69, 9.17) is 5.11 Å². The number of fused-ring (bicyclic) bond motifs is 1. The Bertz CT molecular complexity index is 721. The molecule has 2 aromatic rings. The predicted octanol–water partition coefficient (Wildman–Crippen LogP) is 2.84. The van der Waals surface area contributed by atoms with Gasteiger partial charge in [-0.15, -0.1) is 8.78 Å². The second-order valence-corrected chi connectivity index (χ2v) is 4.19. The minimum atomic E-state index is -3.67. The maximum Gasteiger partial charge on any atom is 0.586 e. The van der Waals surface area contributed by atoms with Crippen molar-refractivity contribution in [2.75, 3.05) is 5.32 Å². The van der Waals surface area contributed by atoms with Crippen molar-refractivity contribution in [1.29, 1.82) is 0 Å². The molecule has 0 atom stereocenters. The lowest BCUT2D eigenvalue weighted by atomic mass is 10.2. The summed E-state index contributed by atoms with van der Waals surface area (Å²) in [6.45, 7) is 0. The first-order valence-corrected chi connectivity index (χ1v) is 5.79. The minimum Gasteiger partial charge on any atom is -0.477 e. The summed E-state index contributed by atoms with van der Waals surface area (Å²) in [6.07, 6.45) is -2.35. The molecule has 108 valence electrons. The first-order chi connectivity index (χ1) is 9.93. The van der Waals surface area contributed by atoms with Gasteiger partial charge in [-0.1, -0.05) is 0 Å². The molecular weight excluding hydrogens is 286 g/mol. The first kappa shape index (κ1) is 13.1. The molecule has 0 bridgehead atoms. The van der Waals surface area contributed by atoms with Crippen LogP contribution in [0.1, 0.15) is 10.5 Å². The Balaban J connectivity index is 1.84. The molecule has 8 heteroatoms. The topological polar surface area (TPSA) is 80.7 Å². The Morgan fingerprint density at radius 1 is 1.14 bits per heavy atom. The molecule has 21 heavy (non-hydrogen) atoms. The largest absolute Gasteiger partial charge is 0.586 e. The van der Waals surface area contributed by atoms with Crippen molar-refractivity contribution in [1.82, 2.24) is 4.98 Å². The maximum atomic E-state index is 12.9. The molecule has 2 N–H and O–H groups in total. The van der Waals surface area contributed by atoms with E-state index < -0.39 is 12.3 Å². The number of anilines is 2. The van der Waals surface area contributed by atoms with Crippen molar-refractivity contribution in [3.8, 4) is 11.5 Å². The molecule has 0 amide bonds. The zero-order valence-electron chi connectivity index (χ0n) is 10.3. The van der Waals surface area contributed by atoms with Crippen LogP contribution >= 0.6 is 0 Å². The quantitative estimate of drug-likeness (QED) is 0.906. The summed E-state index contributed by atoms with van der Waals surface area (Å²) in [5, 5.41) is 11.7. The minimum absolute atomic E-state index is 0.0634. The van der Waals surface area contributed by atoms with Crippen molar-refractivity contribution in [3.63, 3.8) is 0 Å². The lowest BCUT2D eigenvalue weighted by Crippen LogP contribution is -2.25. The number of aromatic nitrogens is 1. The highest BCUT2D eigenvalue weighted by Crippen LogP contribution is 2.42. The fraction of sp³-hybridized carbons (Fsp3) is 0.0769. The summed E-state index contributed by atoms with van der Waals surface area (Å²) < 4.78 is 34.4. The number of nitrogens with zero attached hydrogens (tertiary/aromatic N) is 1. The molecule has 0 saturated carbocycles. The molecule has 0 unspecified atom stereocenters. The standard InChI is InChI=1S/C13H8F2N2O4/c14-13(15)20-10-2-1-7(6-11(10)21-13)17-8-3-4-16-9(5-8)12(18)19/h1-6H,(H,16,17)(H,18,19). The van der Waals surface area contributed by atoms with Crippen LogP contribution < -0.4 is 14.8 Å². The van der Waals surface area contributed by atoms with Crippen LogP contribution in [0.25, 0.3) is 0 Å². The highest BCUT2D eigenvalue weighted by Gasteiger charge is 2.43. The molecule has 0 saturated heterocycles. The van der Waals surface area contributed by atoms with E-state index in [0.29, 0.717) is 11.4 Å². The number of rotatable bonds is 3. The van der Waals surface area contributed by atoms with E-state index in [2.05, 4.69) is 19.8 Å². The Morgan fingerprint density at radius 3 is 2.62 bits per heavy atom. The average Bonchev–Trinajstić information content (AvgIpc) is 2.72. The van der Waals surface area contributed by atoms with Crippen LogP contribution in [-0.2, 0) is 0 Å². The van der Waals surface area contributed by atoms with E-state index in [1.54, 1.807) is 6.07 Å². The van der Waals surface area contributed by atoms with Crippen LogP contribution in [0.4, 0.5) is 20.2 Å². The monoisotopic (exact) mass is 294 g/mol. The second-order valence-electron chi connectivity index (χ2n) is 4.19. The van der Waals surface area contributed by atoms with Gasteiger partial charge < -0.3 is 19.9 Å². The van der Waals surface area contributed by atoms with Crippen molar-refractivity contribution in [2.45, 2.75) is 6.29 Å². The van der Waals surface area contributed by atoms with Crippen LogP contribution in [-0.4, -0.2) is 22.4 Å². The van der Waals surface area contributed by atoms with Crippen molar-refractivity contribution >= 4 is 17.3 Å². The van der Waals surface area contributed by atoms with Crippen LogP contribution in [0.5, 0.6) is 11.5 Å². The molecular formula is C13H8F2N2O4. The number of pyridine rings is 1. The van der Waals surface area contributed by atoms with E-state index in [1.165, 1.54) is 30.5 Å². The van der Waals surface area contributed by atoms with Gasteiger partial charge in [0.15, 0.2) is 11.5 Å². The Kier molecular flexibility index (Phi) is 2.86. The third kappa shape index (κ3) is 2.69. The number of nitrogens with one attached hydrogen (secondary N) is 1. The number of alkyl halides is 2. The number of benzene rings is 1. The number of aromatic carboxylic acids is 1. The third-order valence-electron chi connectivity index (χ3n) is 2.67. The van der Waals surface area contributed by atoms with Gasteiger partial charge in [0.1, 0.15) is 5.69 Å². The Labute approximate surface area is 116 Å². The predicted molar refractivity (Wildman–Crippen MR) is 67.1 cm³/mol. The van der Waals surface area contributed by atoms with Crippen LogP contribution in [0.15, 0.2) is 36.5 Å². The first-order valence-electron chi connectivity index (χ1n) is 5.79. The second kappa shape index (κ2) is 4.58. The molecule has 1 aromatic carbocycles. The SMILES string of the molecule is O=C(O)c1cc(Nc2ccc3c(c2)OC(F)(F)O3)ccn1. The van der Waals surface area contributed by atoms with Gasteiger partial charge in [-0.25, -0.2) is 9.78 Å². The van der Waals surface area contributed by atoms with Gasteiger partial charge in [0.05, 0.1) is 0 Å². The van der Waals surface area contributed by atoms with Crippen LogP contribution in [0.2, 0.25) is 0 Å². The smallest absolute Gasteiger partial charge is 0.477 e. The zero-order valence-corrected chi connectivity index (χ0v) is 10.3. The molecule has 0 radical (unpaired) electrons. The number of hydrogen-bond donors (Lipinski definition) is 2. The molecule has 0 spiro atoms. The highest BCUT2D eigenvalue weighted by molar-refractivity contribution is 5.86. The summed E-state index contributed by atoms with van der Waals surface area (Å²) in [5.41, 5.74) is 0.762. The molecule has 0 aliphatic carbocycles. The number of carboxylic acid groups (broad SMARTS) is 1. The zero-order chi connectivity index (χ0) is 15.0. The van der Waals surface area contributed by atoms with E-state index in [-0.39, 0.29) is 17.2 Å². The van der Waals surface area contributed by atoms with E-state index in [1.807, 2.05) is 0 Å². The van der Waals surface area contributed by atoms with Crippen molar-refractivity contribution < 1.29 is 28.2 Å². The molecule has 1 aromatic heterocycles. The van der Waals surface area contributed by atoms with Gasteiger partial charge in [0.25, 0.3) is 0 Å². The molecule has 6 nitrogen and oxygen atoms in total. The number of ether oxygens (including phenoxy) is 2. The molecule has 1 aliphatic rings. The summed E-state index contributed by atoms with van der Waals surface area (Å²) in [4.78, 5) is 14.5. The summed E-state index contributed by atoms with van der Waals surface area (Å²) in [6, 6.07) is 7.03. The van der Waals surface area contributed by atoms with Gasteiger partial charge in [0.2, 0.25) is 0 Å². The maximum absolute atomic E-state index is 12.9. The van der Waals surface area contributed by atoms with E-state index in [0.717, 1.165) is 0 Å². The van der Waals surface area contributed by atoms with Gasteiger partial charge in [-0.3, -0.25) is 0 Å². The van der Waals surface area contributed by atoms with Gasteiger partial charge >= 0.3 is 12.3 Å². The average molecular weight is 294 g/mol. The van der Waals surface area contributed by atoms with E-state index >= 15 is 0 Å². The molecule has 1 aliphatic heterocycles. The Morgan fingerprint density at radius 2 is 1.86 bits per heavy atom. The highest BCUT2D eigenvalue weighted by atomic mass is 19.3. The normalized spacial score (nSPS) is 14.8. The lowest BCUT2D eigenvalue weighted by molar-refractivity contribution is -0.286. The van der Waals surface area contributed by atoms with E-state index in [9.17, 15) is 13.6 Å². The molecule has 3 rings (SSSR count). The van der Waals surface area contributed by atoms with Gasteiger partial charge in [-0.05, 0) is 24.3 Å². The third-order valence-corrected chi connectivity index (χ3v) is 2.67. The van der Waals surface area contributed by atoms with Crippen LogP contribution in [0, 0.1) is 0 Å². The summed E-state index contributed by atoms with van der Waals surface area (Å²) in [7, 11) is 0. The van der Waals surface area contributed by atoms with Gasteiger partial charge in [0, 0.05) is 23.6 Å².